The molecule has 0 radical (unpaired) electrons. The van der Waals surface area contributed by atoms with E-state index in [9.17, 15) is 14.7 Å². The van der Waals surface area contributed by atoms with Gasteiger partial charge in [-0.2, -0.15) is 0 Å². The van der Waals surface area contributed by atoms with E-state index < -0.39 is 18.2 Å². The number of piperidine rings is 1. The number of likely N-dealkylation sites (tertiary alicyclic amines) is 1. The molecule has 0 bridgehead atoms. The van der Waals surface area contributed by atoms with Gasteiger partial charge in [-0.05, 0) is 37.6 Å². The number of hydrogen-bond acceptors (Lipinski definition) is 5. The van der Waals surface area contributed by atoms with Crippen LogP contribution in [0.15, 0.2) is 42.5 Å². The van der Waals surface area contributed by atoms with Crippen molar-refractivity contribution in [3.8, 4) is 17.3 Å². The summed E-state index contributed by atoms with van der Waals surface area (Å²) < 4.78 is 9.86. The van der Waals surface area contributed by atoms with Gasteiger partial charge in [0.2, 0.25) is 0 Å². The lowest BCUT2D eigenvalue weighted by atomic mass is 10.0. The molecule has 2 aromatic carbocycles. The van der Waals surface area contributed by atoms with Crippen molar-refractivity contribution < 1.29 is 24.5 Å². The number of rotatable bonds is 5. The fourth-order valence-corrected chi connectivity index (χ4v) is 5.16. The van der Waals surface area contributed by atoms with Crippen LogP contribution in [0.25, 0.3) is 33.5 Å². The van der Waals surface area contributed by atoms with E-state index in [2.05, 4.69) is 35.0 Å². The number of hydrogen-bond donors (Lipinski definition) is 3. The number of methoxy groups -OCH3 is 1. The van der Waals surface area contributed by atoms with Gasteiger partial charge in [0.25, 0.3) is 5.91 Å². The smallest absolute Gasteiger partial charge is 0.405 e. The minimum atomic E-state index is -1.23. The number of carbonyl (C=O) groups excluding carboxylic acids is 1. The summed E-state index contributed by atoms with van der Waals surface area (Å²) in [5, 5.41) is 22.6. The zero-order valence-electron chi connectivity index (χ0n) is 20.4. The van der Waals surface area contributed by atoms with Crippen molar-refractivity contribution in [1.82, 2.24) is 24.3 Å². The molecule has 188 valence electrons. The molecule has 0 unspecified atom stereocenters. The molecule has 10 heteroatoms. The zero-order chi connectivity index (χ0) is 25.6. The van der Waals surface area contributed by atoms with Crippen LogP contribution < -0.4 is 10.1 Å². The molecule has 3 heterocycles. The van der Waals surface area contributed by atoms with Gasteiger partial charge in [-0.3, -0.25) is 4.79 Å². The summed E-state index contributed by atoms with van der Waals surface area (Å²) in [6.45, 7) is 3.27. The Kier molecular flexibility index (Phi) is 6.05. The van der Waals surface area contributed by atoms with E-state index in [1.54, 1.807) is 24.1 Å². The normalized spacial score (nSPS) is 18.1. The zero-order valence-corrected chi connectivity index (χ0v) is 20.4. The monoisotopic (exact) mass is 491 g/mol. The topological polar surface area (TPSA) is 122 Å². The molecular weight excluding hydrogens is 462 g/mol. The molecule has 2 amide bonds. The fraction of sp³-hybridized carbons (Fsp3) is 0.346. The van der Waals surface area contributed by atoms with Gasteiger partial charge >= 0.3 is 6.09 Å². The van der Waals surface area contributed by atoms with Crippen molar-refractivity contribution >= 4 is 33.9 Å². The summed E-state index contributed by atoms with van der Waals surface area (Å²) >= 11 is 0. The van der Waals surface area contributed by atoms with Crippen molar-refractivity contribution in [1.29, 1.82) is 0 Å². The lowest BCUT2D eigenvalue weighted by Crippen LogP contribution is -2.56. The average Bonchev–Trinajstić information content (AvgIpc) is 3.41. The number of nitrogens with one attached hydrogen (secondary N) is 1. The molecule has 0 aliphatic carbocycles. The third-order valence-electron chi connectivity index (χ3n) is 6.93. The first kappa shape index (κ1) is 23.7. The van der Waals surface area contributed by atoms with Crippen molar-refractivity contribution in [2.45, 2.75) is 32.0 Å². The SMILES string of the molecule is CCn1c(-c2nc3cc(C(=O)N4CC[C@@H](O)[C@@H](NC(=O)O)C4)cc(OC)c3n2C)cc2ccccc21. The highest BCUT2D eigenvalue weighted by Crippen LogP contribution is 2.34. The Hall–Kier alpha value is -4.05. The Labute approximate surface area is 207 Å². The number of aromatic nitrogens is 3. The Bertz CT molecular complexity index is 1470. The number of aryl methyl sites for hydroxylation is 2. The summed E-state index contributed by atoms with van der Waals surface area (Å²) in [6, 6.07) is 13.0. The number of carboxylic acid groups (broad SMARTS) is 1. The second-order valence-electron chi connectivity index (χ2n) is 9.04. The number of fused-ring (bicyclic) bond motifs is 2. The second-order valence-corrected chi connectivity index (χ2v) is 9.04. The van der Waals surface area contributed by atoms with Crippen LogP contribution >= 0.6 is 0 Å². The maximum Gasteiger partial charge on any atom is 0.405 e. The molecule has 1 saturated heterocycles. The number of carbonyl (C=O) groups is 2. The Morgan fingerprint density at radius 2 is 2.00 bits per heavy atom. The number of imidazole rings is 1. The summed E-state index contributed by atoms with van der Waals surface area (Å²) in [7, 11) is 3.49. The predicted molar refractivity (Wildman–Crippen MR) is 135 cm³/mol. The molecule has 1 fully saturated rings. The first-order chi connectivity index (χ1) is 17.3. The number of aliphatic hydroxyl groups is 1. The summed E-state index contributed by atoms with van der Waals surface area (Å²) in [5.74, 6) is 1.01. The predicted octanol–water partition coefficient (Wildman–Crippen LogP) is 3.07. The molecule has 5 rings (SSSR count). The third kappa shape index (κ3) is 3.93. The van der Waals surface area contributed by atoms with Crippen molar-refractivity contribution in [3.63, 3.8) is 0 Å². The molecule has 4 aromatic rings. The molecule has 0 spiro atoms. The quantitative estimate of drug-likeness (QED) is 0.395. The maximum atomic E-state index is 13.4. The van der Waals surface area contributed by atoms with Gasteiger partial charge in [-0.25, -0.2) is 9.78 Å². The van der Waals surface area contributed by atoms with E-state index in [4.69, 9.17) is 14.8 Å². The van der Waals surface area contributed by atoms with Gasteiger partial charge in [0.1, 0.15) is 11.3 Å². The maximum absolute atomic E-state index is 13.4. The molecule has 2 aromatic heterocycles. The summed E-state index contributed by atoms with van der Waals surface area (Å²) in [5.41, 5.74) is 3.89. The van der Waals surface area contributed by atoms with Crippen molar-refractivity contribution in [3.05, 3.63) is 48.0 Å². The number of nitrogens with zero attached hydrogens (tertiary/aromatic N) is 4. The van der Waals surface area contributed by atoms with E-state index in [-0.39, 0.29) is 18.9 Å². The molecular formula is C26H29N5O5. The second kappa shape index (κ2) is 9.19. The number of amides is 2. The van der Waals surface area contributed by atoms with Crippen LogP contribution in [0, 0.1) is 0 Å². The van der Waals surface area contributed by atoms with E-state index in [0.717, 1.165) is 34.5 Å². The van der Waals surface area contributed by atoms with E-state index in [1.165, 1.54) is 0 Å². The number of ether oxygens (including phenoxy) is 1. The first-order valence-corrected chi connectivity index (χ1v) is 11.9. The van der Waals surface area contributed by atoms with Crippen LogP contribution in [0.5, 0.6) is 5.75 Å². The number of benzene rings is 2. The van der Waals surface area contributed by atoms with Gasteiger partial charge in [0.15, 0.2) is 5.82 Å². The average molecular weight is 492 g/mol. The first-order valence-electron chi connectivity index (χ1n) is 11.9. The molecule has 2 atom stereocenters. The summed E-state index contributed by atoms with van der Waals surface area (Å²) in [6.07, 6.45) is -1.79. The molecule has 1 aliphatic heterocycles. The van der Waals surface area contributed by atoms with Crippen molar-refractivity contribution in [2.75, 3.05) is 20.2 Å². The lowest BCUT2D eigenvalue weighted by Gasteiger charge is -2.36. The highest BCUT2D eigenvalue weighted by molar-refractivity contribution is 6.00. The van der Waals surface area contributed by atoms with Crippen LogP contribution in [-0.2, 0) is 13.6 Å². The number of aliphatic hydroxyl groups excluding tert-OH is 1. The van der Waals surface area contributed by atoms with E-state index in [0.29, 0.717) is 23.4 Å². The minimum absolute atomic E-state index is 0.0801. The molecule has 36 heavy (non-hydrogen) atoms. The molecule has 0 saturated carbocycles. The Balaban J connectivity index is 1.56. The van der Waals surface area contributed by atoms with E-state index >= 15 is 0 Å². The van der Waals surface area contributed by atoms with Gasteiger partial charge in [0.05, 0.1) is 30.5 Å². The highest BCUT2D eigenvalue weighted by Gasteiger charge is 2.32. The van der Waals surface area contributed by atoms with Crippen LogP contribution in [0.1, 0.15) is 23.7 Å². The van der Waals surface area contributed by atoms with Crippen LogP contribution in [-0.4, -0.2) is 73.6 Å². The van der Waals surface area contributed by atoms with Gasteiger partial charge in [-0.1, -0.05) is 18.2 Å². The van der Waals surface area contributed by atoms with Crippen LogP contribution in [0.4, 0.5) is 4.79 Å². The minimum Gasteiger partial charge on any atom is -0.494 e. The Morgan fingerprint density at radius 1 is 1.22 bits per heavy atom. The van der Waals surface area contributed by atoms with Gasteiger partial charge in [0, 0.05) is 43.1 Å². The highest BCUT2D eigenvalue weighted by atomic mass is 16.5. The van der Waals surface area contributed by atoms with Crippen LogP contribution in [0.2, 0.25) is 0 Å². The lowest BCUT2D eigenvalue weighted by molar-refractivity contribution is 0.0378. The standard InChI is InChI=1S/C26H29N5O5/c1-4-31-19-8-6-5-7-15(19)12-20(31)24-27-17-11-16(13-22(36-3)23(17)29(24)2)25(33)30-10-9-21(32)18(14-30)28-26(34)35/h5-8,11-13,18,21,28,32H,4,9-10,14H2,1-3H3,(H,34,35)/t18-,21+/m0/s1. The fourth-order valence-electron chi connectivity index (χ4n) is 5.16. The Morgan fingerprint density at radius 3 is 2.72 bits per heavy atom. The van der Waals surface area contributed by atoms with Gasteiger partial charge in [-0.15, -0.1) is 0 Å². The largest absolute Gasteiger partial charge is 0.494 e. The number of para-hydroxylation sites is 1. The summed E-state index contributed by atoms with van der Waals surface area (Å²) in [4.78, 5) is 31.0. The van der Waals surface area contributed by atoms with Crippen molar-refractivity contribution in [2.24, 2.45) is 7.05 Å². The molecule has 1 aliphatic rings. The molecule has 10 nitrogen and oxygen atoms in total. The van der Waals surface area contributed by atoms with Crippen LogP contribution in [0.3, 0.4) is 0 Å². The van der Waals surface area contributed by atoms with Gasteiger partial charge < -0.3 is 34.3 Å². The molecule has 3 N–H and O–H groups in total. The van der Waals surface area contributed by atoms with E-state index in [1.807, 2.05) is 23.7 Å². The third-order valence-corrected chi connectivity index (χ3v) is 6.93.